The molecule has 0 spiro atoms. The molecule has 0 fully saturated rings. The first-order chi connectivity index (χ1) is 10.7. The fourth-order valence-electron chi connectivity index (χ4n) is 2.11. The topological polar surface area (TPSA) is 53.4 Å². The minimum Gasteiger partial charge on any atom is -0.481 e. The summed E-state index contributed by atoms with van der Waals surface area (Å²) in [5, 5.41) is 0.303. The van der Waals surface area contributed by atoms with Crippen molar-refractivity contribution in [1.29, 1.82) is 0 Å². The second-order valence-corrected chi connectivity index (χ2v) is 5.64. The van der Waals surface area contributed by atoms with Crippen LogP contribution in [-0.2, 0) is 11.8 Å². The van der Waals surface area contributed by atoms with Gasteiger partial charge < -0.3 is 14.0 Å². The van der Waals surface area contributed by atoms with Crippen LogP contribution >= 0.6 is 15.9 Å². The Kier molecular flexibility index (Phi) is 4.88. The largest absolute Gasteiger partial charge is 0.481 e. The Labute approximate surface area is 138 Å². The molecule has 126 valence electrons. The molecule has 0 aliphatic carbocycles. The van der Waals surface area contributed by atoms with Crippen molar-refractivity contribution in [2.75, 3.05) is 13.2 Å². The van der Waals surface area contributed by atoms with E-state index in [1.54, 1.807) is 19.9 Å². The quantitative estimate of drug-likeness (QED) is 0.740. The summed E-state index contributed by atoms with van der Waals surface area (Å²) in [7, 11) is 1.52. The molecule has 0 unspecified atom stereocenters. The lowest BCUT2D eigenvalue weighted by Crippen LogP contribution is -2.20. The first kappa shape index (κ1) is 17.6. The summed E-state index contributed by atoms with van der Waals surface area (Å²) in [5.41, 5.74) is 0.873. The van der Waals surface area contributed by atoms with Crippen LogP contribution in [0.4, 0.5) is 13.2 Å². The lowest BCUT2D eigenvalue weighted by atomic mass is 10.2. The number of nitrogens with zero attached hydrogens (tertiary/aromatic N) is 2. The van der Waals surface area contributed by atoms with Gasteiger partial charge in [-0.25, -0.2) is 9.78 Å². The van der Waals surface area contributed by atoms with Crippen molar-refractivity contribution in [3.8, 4) is 5.75 Å². The molecule has 0 aliphatic heterocycles. The number of hydrogen-bond acceptors (Lipinski definition) is 4. The fourth-order valence-corrected chi connectivity index (χ4v) is 2.42. The molecule has 0 atom stereocenters. The first-order valence-electron chi connectivity index (χ1n) is 6.68. The van der Waals surface area contributed by atoms with Crippen molar-refractivity contribution in [1.82, 2.24) is 9.55 Å². The van der Waals surface area contributed by atoms with Crippen molar-refractivity contribution < 1.29 is 27.4 Å². The van der Waals surface area contributed by atoms with Crippen LogP contribution in [0.2, 0.25) is 0 Å². The van der Waals surface area contributed by atoms with Crippen LogP contribution in [0, 0.1) is 6.92 Å². The van der Waals surface area contributed by atoms with Gasteiger partial charge in [-0.2, -0.15) is 13.2 Å². The summed E-state index contributed by atoms with van der Waals surface area (Å²) in [4.78, 5) is 16.4. The molecule has 2 rings (SSSR count). The SMILES string of the molecule is CCOC(=O)c1c(OCC(F)(F)F)c2cc(Br)c(C)nc2n1C. The van der Waals surface area contributed by atoms with Gasteiger partial charge in [-0.1, -0.05) is 0 Å². The Bertz CT molecular complexity index is 756. The van der Waals surface area contributed by atoms with Gasteiger partial charge >= 0.3 is 12.1 Å². The number of pyridine rings is 1. The van der Waals surface area contributed by atoms with E-state index in [0.29, 0.717) is 21.2 Å². The molecule has 0 N–H and O–H groups in total. The molecule has 0 bridgehead atoms. The number of ether oxygens (including phenoxy) is 2. The molecule has 2 aromatic rings. The summed E-state index contributed by atoms with van der Waals surface area (Å²) in [5.74, 6) is -0.953. The third-order valence-corrected chi connectivity index (χ3v) is 3.90. The zero-order valence-electron chi connectivity index (χ0n) is 12.6. The minimum absolute atomic E-state index is 0.0925. The van der Waals surface area contributed by atoms with Crippen molar-refractivity contribution in [2.24, 2.45) is 7.05 Å². The van der Waals surface area contributed by atoms with Crippen LogP contribution in [0.15, 0.2) is 10.5 Å². The summed E-state index contributed by atoms with van der Waals surface area (Å²) in [6.07, 6.45) is -4.52. The van der Waals surface area contributed by atoms with E-state index in [-0.39, 0.29) is 18.1 Å². The Balaban J connectivity index is 2.65. The number of hydrogen-bond donors (Lipinski definition) is 0. The maximum absolute atomic E-state index is 12.5. The minimum atomic E-state index is -4.52. The predicted molar refractivity (Wildman–Crippen MR) is 80.7 cm³/mol. The number of aryl methyl sites for hydroxylation is 2. The number of rotatable bonds is 4. The van der Waals surface area contributed by atoms with Gasteiger partial charge in [-0.05, 0) is 35.8 Å². The van der Waals surface area contributed by atoms with E-state index in [1.165, 1.54) is 11.6 Å². The van der Waals surface area contributed by atoms with E-state index in [9.17, 15) is 18.0 Å². The summed E-state index contributed by atoms with van der Waals surface area (Å²) < 4.78 is 49.3. The highest BCUT2D eigenvalue weighted by Gasteiger charge is 2.32. The summed E-state index contributed by atoms with van der Waals surface area (Å²) in [6, 6.07) is 1.58. The second-order valence-electron chi connectivity index (χ2n) is 4.79. The number of alkyl halides is 3. The van der Waals surface area contributed by atoms with Gasteiger partial charge in [-0.3, -0.25) is 0 Å². The van der Waals surface area contributed by atoms with Crippen LogP contribution in [-0.4, -0.2) is 34.9 Å². The molecular formula is C14H14BrF3N2O3. The Hall–Kier alpha value is -1.77. The lowest BCUT2D eigenvalue weighted by molar-refractivity contribution is -0.153. The van der Waals surface area contributed by atoms with E-state index in [4.69, 9.17) is 9.47 Å². The Morgan fingerprint density at radius 1 is 1.43 bits per heavy atom. The van der Waals surface area contributed by atoms with Gasteiger partial charge in [-0.15, -0.1) is 0 Å². The Morgan fingerprint density at radius 3 is 2.65 bits per heavy atom. The smallest absolute Gasteiger partial charge is 0.422 e. The van der Waals surface area contributed by atoms with Crippen molar-refractivity contribution >= 4 is 32.9 Å². The number of carbonyl (C=O) groups excluding carboxylic acids is 1. The molecule has 0 saturated heterocycles. The van der Waals surface area contributed by atoms with E-state index in [0.717, 1.165) is 0 Å². The van der Waals surface area contributed by atoms with Crippen molar-refractivity contribution in [3.05, 3.63) is 21.9 Å². The third kappa shape index (κ3) is 3.60. The van der Waals surface area contributed by atoms with E-state index in [1.807, 2.05) is 0 Å². The maximum atomic E-state index is 12.5. The molecule has 5 nitrogen and oxygen atoms in total. The van der Waals surface area contributed by atoms with Gasteiger partial charge in [0.1, 0.15) is 5.65 Å². The predicted octanol–water partition coefficient (Wildman–Crippen LogP) is 3.76. The van der Waals surface area contributed by atoms with Gasteiger partial charge in [0, 0.05) is 11.5 Å². The molecule has 23 heavy (non-hydrogen) atoms. The highest BCUT2D eigenvalue weighted by atomic mass is 79.9. The standard InChI is InChI=1S/C14H14BrF3N2O3/c1-4-22-13(21)10-11(23-6-14(16,17)18)8-5-9(15)7(2)19-12(8)20(10)3/h5H,4,6H2,1-3H3. The molecule has 0 aromatic carbocycles. The van der Waals surface area contributed by atoms with Crippen molar-refractivity contribution in [3.63, 3.8) is 0 Å². The summed E-state index contributed by atoms with van der Waals surface area (Å²) >= 11 is 3.28. The second kappa shape index (κ2) is 6.38. The third-order valence-electron chi connectivity index (χ3n) is 3.09. The molecule has 2 aromatic heterocycles. The number of carbonyl (C=O) groups is 1. The van der Waals surface area contributed by atoms with E-state index in [2.05, 4.69) is 20.9 Å². The molecule has 0 amide bonds. The number of halogens is 4. The highest BCUT2D eigenvalue weighted by molar-refractivity contribution is 9.10. The zero-order valence-corrected chi connectivity index (χ0v) is 14.2. The van der Waals surface area contributed by atoms with Gasteiger partial charge in [0.25, 0.3) is 0 Å². The van der Waals surface area contributed by atoms with Gasteiger partial charge in [0.2, 0.25) is 0 Å². The normalized spacial score (nSPS) is 11.8. The number of esters is 1. The molecule has 0 aliphatic rings. The van der Waals surface area contributed by atoms with Crippen LogP contribution < -0.4 is 4.74 Å². The zero-order chi connectivity index (χ0) is 17.4. The number of fused-ring (bicyclic) bond motifs is 1. The lowest BCUT2D eigenvalue weighted by Gasteiger charge is -2.10. The van der Waals surface area contributed by atoms with Gasteiger partial charge in [0.05, 0.1) is 17.7 Å². The molecule has 0 radical (unpaired) electrons. The van der Waals surface area contributed by atoms with Crippen LogP contribution in [0.5, 0.6) is 5.75 Å². The molecule has 2 heterocycles. The average molecular weight is 395 g/mol. The number of aromatic nitrogens is 2. The van der Waals surface area contributed by atoms with Crippen LogP contribution in [0.25, 0.3) is 11.0 Å². The Morgan fingerprint density at radius 2 is 2.09 bits per heavy atom. The first-order valence-corrected chi connectivity index (χ1v) is 7.47. The van der Waals surface area contributed by atoms with Crippen LogP contribution in [0.1, 0.15) is 23.1 Å². The molecule has 9 heteroatoms. The summed E-state index contributed by atoms with van der Waals surface area (Å²) in [6.45, 7) is 1.92. The average Bonchev–Trinajstić information content (AvgIpc) is 2.69. The van der Waals surface area contributed by atoms with E-state index >= 15 is 0 Å². The van der Waals surface area contributed by atoms with Crippen molar-refractivity contribution in [2.45, 2.75) is 20.0 Å². The fraction of sp³-hybridized carbons (Fsp3) is 0.429. The highest BCUT2D eigenvalue weighted by Crippen LogP contribution is 2.35. The molecule has 0 saturated carbocycles. The van der Waals surface area contributed by atoms with Gasteiger partial charge in [0.15, 0.2) is 18.1 Å². The van der Waals surface area contributed by atoms with E-state index < -0.39 is 18.8 Å². The van der Waals surface area contributed by atoms with Crippen LogP contribution in [0.3, 0.4) is 0 Å². The molecular weight excluding hydrogens is 381 g/mol. The maximum Gasteiger partial charge on any atom is 0.422 e. The monoisotopic (exact) mass is 394 g/mol.